The monoisotopic (exact) mass is 413 g/mol. The number of benzene rings is 2. The van der Waals surface area contributed by atoms with Gasteiger partial charge in [-0.3, -0.25) is 9.59 Å². The van der Waals surface area contributed by atoms with Gasteiger partial charge in [0.2, 0.25) is 5.91 Å². The highest BCUT2D eigenvalue weighted by Crippen LogP contribution is 2.16. The minimum absolute atomic E-state index is 0.0170. The summed E-state index contributed by atoms with van der Waals surface area (Å²) in [6.07, 6.45) is 0. The second-order valence-corrected chi connectivity index (χ2v) is 6.53. The Kier molecular flexibility index (Phi) is 9.67. The van der Waals surface area contributed by atoms with E-state index < -0.39 is 0 Å². The number of nitrogens with one attached hydrogen (secondary N) is 2. The van der Waals surface area contributed by atoms with Gasteiger partial charge in [-0.25, -0.2) is 0 Å². The molecule has 0 aliphatic carbocycles. The topological polar surface area (TPSA) is 79.9 Å². The summed E-state index contributed by atoms with van der Waals surface area (Å²) in [5.74, 6) is 0.526. The molecule has 7 nitrogen and oxygen atoms in total. The van der Waals surface area contributed by atoms with Crippen LogP contribution in [0.25, 0.3) is 0 Å². The Bertz CT molecular complexity index is 804. The highest BCUT2D eigenvalue weighted by molar-refractivity contribution is 5.96. The van der Waals surface area contributed by atoms with Crippen LogP contribution in [0, 0.1) is 0 Å². The number of hydrogen-bond donors (Lipinski definition) is 2. The van der Waals surface area contributed by atoms with Crippen LogP contribution in [0.5, 0.6) is 5.75 Å². The Morgan fingerprint density at radius 3 is 2.33 bits per heavy atom. The highest BCUT2D eigenvalue weighted by atomic mass is 16.5. The van der Waals surface area contributed by atoms with Crippen molar-refractivity contribution in [3.05, 3.63) is 54.1 Å². The van der Waals surface area contributed by atoms with E-state index in [2.05, 4.69) is 10.6 Å². The van der Waals surface area contributed by atoms with Crippen LogP contribution in [-0.4, -0.2) is 56.2 Å². The Hall–Kier alpha value is -3.06. The number of anilines is 2. The molecule has 0 unspecified atom stereocenters. The molecule has 0 heterocycles. The number of carbonyl (C=O) groups is 2. The fourth-order valence-electron chi connectivity index (χ4n) is 2.84. The Morgan fingerprint density at radius 1 is 0.933 bits per heavy atom. The van der Waals surface area contributed by atoms with E-state index in [1.165, 1.54) is 0 Å². The average molecular weight is 414 g/mol. The Balaban J connectivity index is 1.83. The van der Waals surface area contributed by atoms with Crippen molar-refractivity contribution in [2.45, 2.75) is 20.8 Å². The largest absolute Gasteiger partial charge is 0.491 e. The number of hydrogen-bond acceptors (Lipinski definition) is 5. The van der Waals surface area contributed by atoms with E-state index in [1.807, 2.05) is 26.8 Å². The fraction of sp³-hybridized carbons (Fsp3) is 0.391. The SMILES string of the molecule is CCOCCOc1ccc(NC(=O)CNc2cccc(C(=O)N(CC)CC)c2)cc1. The molecule has 7 heteroatoms. The highest BCUT2D eigenvalue weighted by Gasteiger charge is 2.12. The number of ether oxygens (including phenoxy) is 2. The number of rotatable bonds is 12. The van der Waals surface area contributed by atoms with Crippen LogP contribution < -0.4 is 15.4 Å². The van der Waals surface area contributed by atoms with Gasteiger partial charge < -0.3 is 25.0 Å². The third-order valence-corrected chi connectivity index (χ3v) is 4.45. The summed E-state index contributed by atoms with van der Waals surface area (Å²) >= 11 is 0. The molecule has 0 atom stereocenters. The third kappa shape index (κ3) is 7.40. The summed E-state index contributed by atoms with van der Waals surface area (Å²) in [4.78, 5) is 26.5. The maximum atomic E-state index is 12.5. The van der Waals surface area contributed by atoms with E-state index in [4.69, 9.17) is 9.47 Å². The normalized spacial score (nSPS) is 10.4. The van der Waals surface area contributed by atoms with Crippen LogP contribution in [-0.2, 0) is 9.53 Å². The molecule has 30 heavy (non-hydrogen) atoms. The van der Waals surface area contributed by atoms with Gasteiger partial charge in [0.25, 0.3) is 5.91 Å². The van der Waals surface area contributed by atoms with E-state index in [9.17, 15) is 9.59 Å². The zero-order chi connectivity index (χ0) is 21.8. The summed E-state index contributed by atoms with van der Waals surface area (Å²) in [5.41, 5.74) is 2.01. The molecule has 162 valence electrons. The molecule has 0 bridgehead atoms. The lowest BCUT2D eigenvalue weighted by molar-refractivity contribution is -0.114. The Morgan fingerprint density at radius 2 is 1.67 bits per heavy atom. The summed E-state index contributed by atoms with van der Waals surface area (Å²) < 4.78 is 10.8. The molecule has 0 spiro atoms. The van der Waals surface area contributed by atoms with Gasteiger partial charge in [-0.1, -0.05) is 6.07 Å². The molecule has 2 aromatic rings. The van der Waals surface area contributed by atoms with Gasteiger partial charge in [-0.05, 0) is 63.2 Å². The molecule has 2 rings (SSSR count). The lowest BCUT2D eigenvalue weighted by atomic mass is 10.1. The minimum atomic E-state index is -0.180. The molecular formula is C23H31N3O4. The zero-order valence-electron chi connectivity index (χ0n) is 17.9. The second-order valence-electron chi connectivity index (χ2n) is 6.53. The van der Waals surface area contributed by atoms with Gasteiger partial charge in [-0.2, -0.15) is 0 Å². The van der Waals surface area contributed by atoms with Crippen molar-refractivity contribution in [3.63, 3.8) is 0 Å². The van der Waals surface area contributed by atoms with Crippen molar-refractivity contribution in [2.24, 2.45) is 0 Å². The van der Waals surface area contributed by atoms with Crippen LogP contribution in [0.1, 0.15) is 31.1 Å². The summed E-state index contributed by atoms with van der Waals surface area (Å²) in [6, 6.07) is 14.4. The molecule has 0 aliphatic heterocycles. The molecule has 2 N–H and O–H groups in total. The zero-order valence-corrected chi connectivity index (χ0v) is 17.9. The first-order valence-corrected chi connectivity index (χ1v) is 10.3. The van der Waals surface area contributed by atoms with Crippen molar-refractivity contribution in [3.8, 4) is 5.75 Å². The first kappa shape index (κ1) is 23.2. The van der Waals surface area contributed by atoms with Crippen LogP contribution in [0.2, 0.25) is 0 Å². The standard InChI is InChI=1S/C23H31N3O4/c1-4-26(5-2)23(28)18-8-7-9-20(16-18)24-17-22(27)25-19-10-12-21(13-11-19)30-15-14-29-6-3/h7-13,16,24H,4-6,14-15,17H2,1-3H3,(H,25,27). The molecule has 0 radical (unpaired) electrons. The lowest BCUT2D eigenvalue weighted by Gasteiger charge is -2.19. The van der Waals surface area contributed by atoms with Crippen LogP contribution in [0.4, 0.5) is 11.4 Å². The van der Waals surface area contributed by atoms with Gasteiger partial charge in [0.15, 0.2) is 0 Å². The summed E-state index contributed by atoms with van der Waals surface area (Å²) in [6.45, 7) is 8.95. The van der Waals surface area contributed by atoms with Gasteiger partial charge >= 0.3 is 0 Å². The Labute approximate surface area is 178 Å². The number of nitrogens with zero attached hydrogens (tertiary/aromatic N) is 1. The molecule has 2 aromatic carbocycles. The molecule has 0 saturated carbocycles. The van der Waals surface area contributed by atoms with Gasteiger partial charge in [0.1, 0.15) is 12.4 Å². The number of amides is 2. The first-order valence-electron chi connectivity index (χ1n) is 10.3. The van der Waals surface area contributed by atoms with E-state index in [-0.39, 0.29) is 18.4 Å². The summed E-state index contributed by atoms with van der Waals surface area (Å²) in [7, 11) is 0. The van der Waals surface area contributed by atoms with Crippen molar-refractivity contribution in [1.82, 2.24) is 4.90 Å². The molecule has 0 fully saturated rings. The van der Waals surface area contributed by atoms with E-state index in [0.717, 1.165) is 11.4 Å². The first-order chi connectivity index (χ1) is 14.6. The molecule has 0 aliphatic rings. The van der Waals surface area contributed by atoms with E-state index in [0.29, 0.717) is 44.2 Å². The average Bonchev–Trinajstić information content (AvgIpc) is 2.77. The quantitative estimate of drug-likeness (QED) is 0.520. The van der Waals surface area contributed by atoms with Crippen LogP contribution >= 0.6 is 0 Å². The van der Waals surface area contributed by atoms with E-state index in [1.54, 1.807) is 47.4 Å². The molecule has 2 amide bonds. The molecule has 0 aromatic heterocycles. The fourth-order valence-corrected chi connectivity index (χ4v) is 2.84. The van der Waals surface area contributed by atoms with Crippen LogP contribution in [0.15, 0.2) is 48.5 Å². The second kappa shape index (κ2) is 12.5. The van der Waals surface area contributed by atoms with Gasteiger partial charge in [0.05, 0.1) is 13.2 Å². The number of carbonyl (C=O) groups excluding carboxylic acids is 2. The molecule has 0 saturated heterocycles. The van der Waals surface area contributed by atoms with Gasteiger partial charge in [-0.15, -0.1) is 0 Å². The third-order valence-electron chi connectivity index (χ3n) is 4.45. The maximum absolute atomic E-state index is 12.5. The predicted molar refractivity (Wildman–Crippen MR) is 119 cm³/mol. The van der Waals surface area contributed by atoms with Crippen molar-refractivity contribution >= 4 is 23.2 Å². The maximum Gasteiger partial charge on any atom is 0.253 e. The summed E-state index contributed by atoms with van der Waals surface area (Å²) in [5, 5.41) is 5.90. The molecular weight excluding hydrogens is 382 g/mol. The van der Waals surface area contributed by atoms with Gasteiger partial charge in [0, 0.05) is 36.6 Å². The van der Waals surface area contributed by atoms with E-state index >= 15 is 0 Å². The van der Waals surface area contributed by atoms with Crippen molar-refractivity contribution < 1.29 is 19.1 Å². The smallest absolute Gasteiger partial charge is 0.253 e. The lowest BCUT2D eigenvalue weighted by Crippen LogP contribution is -2.30. The van der Waals surface area contributed by atoms with Crippen molar-refractivity contribution in [1.29, 1.82) is 0 Å². The minimum Gasteiger partial charge on any atom is -0.491 e. The van der Waals surface area contributed by atoms with Crippen LogP contribution in [0.3, 0.4) is 0 Å². The van der Waals surface area contributed by atoms with Crippen molar-refractivity contribution in [2.75, 3.05) is 50.1 Å². The predicted octanol–water partition coefficient (Wildman–Crippen LogP) is 3.63.